The van der Waals surface area contributed by atoms with Gasteiger partial charge in [-0.2, -0.15) is 5.10 Å². The number of para-hydroxylation sites is 1. The molecule has 0 atom stereocenters. The Morgan fingerprint density at radius 2 is 2.18 bits per heavy atom. The lowest BCUT2D eigenvalue weighted by atomic mass is 10.3. The molecule has 7 nitrogen and oxygen atoms in total. The molecule has 8 heteroatoms. The first-order valence-electron chi connectivity index (χ1n) is 8.94. The van der Waals surface area contributed by atoms with E-state index in [0.29, 0.717) is 28.9 Å². The monoisotopic (exact) mass is 396 g/mol. The summed E-state index contributed by atoms with van der Waals surface area (Å²) in [5, 5.41) is 4.91. The topological polar surface area (TPSA) is 73.4 Å². The third-order valence-electron chi connectivity index (χ3n) is 4.37. The van der Waals surface area contributed by atoms with Crippen molar-refractivity contribution >= 4 is 32.6 Å². The number of carbonyl (C=O) groups is 1. The zero-order valence-corrected chi connectivity index (χ0v) is 16.7. The van der Waals surface area contributed by atoms with E-state index in [2.05, 4.69) is 5.10 Å². The predicted molar refractivity (Wildman–Crippen MR) is 108 cm³/mol. The van der Waals surface area contributed by atoms with E-state index in [0.717, 1.165) is 15.9 Å². The molecule has 0 bridgehead atoms. The maximum atomic E-state index is 13.3. The summed E-state index contributed by atoms with van der Waals surface area (Å²) in [6, 6.07) is 11.2. The summed E-state index contributed by atoms with van der Waals surface area (Å²) in [5.74, 6) is 1.16. The fourth-order valence-electron chi connectivity index (χ4n) is 2.89. The molecule has 3 aromatic heterocycles. The second kappa shape index (κ2) is 7.47. The van der Waals surface area contributed by atoms with Crippen LogP contribution in [0.25, 0.3) is 10.2 Å². The van der Waals surface area contributed by atoms with E-state index in [1.54, 1.807) is 28.0 Å². The lowest BCUT2D eigenvalue weighted by Gasteiger charge is -2.17. The molecule has 144 valence electrons. The minimum Gasteiger partial charge on any atom is -0.492 e. The molecule has 1 amide bonds. The van der Waals surface area contributed by atoms with Crippen molar-refractivity contribution in [2.24, 2.45) is 7.05 Å². The first-order valence-corrected chi connectivity index (χ1v) is 9.75. The number of aryl methyl sites for hydroxylation is 2. The number of rotatable bonds is 6. The van der Waals surface area contributed by atoms with Gasteiger partial charge in [0.05, 0.1) is 24.1 Å². The highest BCUT2D eigenvalue weighted by Gasteiger charge is 2.25. The van der Waals surface area contributed by atoms with E-state index >= 15 is 0 Å². The summed E-state index contributed by atoms with van der Waals surface area (Å²) >= 11 is 1.44. The normalized spacial score (nSPS) is 11.1. The van der Waals surface area contributed by atoms with Crippen molar-refractivity contribution in [2.45, 2.75) is 20.4 Å². The standard InChI is InChI=1S/C20H20N4O3S/c1-4-26-16-8-5-9-17-18(16)21-20(28-17)24(12-14-7-6-10-27-14)19(25)15-11-13(2)23(3)22-15/h5-11H,4,12H2,1-3H3. The van der Waals surface area contributed by atoms with Crippen molar-refractivity contribution in [3.8, 4) is 5.75 Å². The zero-order valence-electron chi connectivity index (χ0n) is 15.9. The first-order chi connectivity index (χ1) is 13.6. The van der Waals surface area contributed by atoms with Crippen molar-refractivity contribution in [1.82, 2.24) is 14.8 Å². The summed E-state index contributed by atoms with van der Waals surface area (Å²) in [6.07, 6.45) is 1.59. The van der Waals surface area contributed by atoms with Crippen LogP contribution < -0.4 is 9.64 Å². The molecule has 3 heterocycles. The summed E-state index contributed by atoms with van der Waals surface area (Å²) in [4.78, 5) is 19.6. The molecular weight excluding hydrogens is 376 g/mol. The van der Waals surface area contributed by atoms with Gasteiger partial charge in [0.15, 0.2) is 10.8 Å². The van der Waals surface area contributed by atoms with Crippen LogP contribution in [0.1, 0.15) is 28.9 Å². The van der Waals surface area contributed by atoms with E-state index in [4.69, 9.17) is 14.1 Å². The molecular formula is C20H20N4O3S. The Kier molecular flexibility index (Phi) is 4.87. The molecule has 0 aliphatic carbocycles. The number of hydrogen-bond donors (Lipinski definition) is 0. The van der Waals surface area contributed by atoms with Gasteiger partial charge in [0.2, 0.25) is 0 Å². The summed E-state index contributed by atoms with van der Waals surface area (Å²) in [5.41, 5.74) is 2.03. The Morgan fingerprint density at radius 3 is 2.86 bits per heavy atom. The lowest BCUT2D eigenvalue weighted by molar-refractivity contribution is 0.0977. The molecule has 0 N–H and O–H groups in total. The number of amides is 1. The number of furan rings is 1. The van der Waals surface area contributed by atoms with E-state index in [9.17, 15) is 4.79 Å². The number of carbonyl (C=O) groups excluding carboxylic acids is 1. The van der Waals surface area contributed by atoms with Gasteiger partial charge in [0, 0.05) is 12.7 Å². The Bertz CT molecular complexity index is 1090. The van der Waals surface area contributed by atoms with E-state index in [-0.39, 0.29) is 12.5 Å². The maximum Gasteiger partial charge on any atom is 0.280 e. The molecule has 0 unspecified atom stereocenters. The van der Waals surface area contributed by atoms with Crippen LogP contribution in [0, 0.1) is 6.92 Å². The number of aromatic nitrogens is 3. The van der Waals surface area contributed by atoms with Gasteiger partial charge in [0.1, 0.15) is 17.0 Å². The minimum absolute atomic E-state index is 0.225. The fraction of sp³-hybridized carbons (Fsp3) is 0.250. The number of anilines is 1. The molecule has 0 saturated heterocycles. The quantitative estimate of drug-likeness (QED) is 0.489. The number of ether oxygens (including phenoxy) is 1. The van der Waals surface area contributed by atoms with Crippen molar-refractivity contribution in [3.05, 3.63) is 59.8 Å². The van der Waals surface area contributed by atoms with Crippen LogP contribution in [-0.2, 0) is 13.6 Å². The van der Waals surface area contributed by atoms with E-state index in [1.807, 2.05) is 45.2 Å². The molecule has 28 heavy (non-hydrogen) atoms. The van der Waals surface area contributed by atoms with Crippen molar-refractivity contribution in [2.75, 3.05) is 11.5 Å². The van der Waals surface area contributed by atoms with Gasteiger partial charge in [-0.1, -0.05) is 17.4 Å². The highest BCUT2D eigenvalue weighted by Crippen LogP contribution is 2.35. The van der Waals surface area contributed by atoms with Gasteiger partial charge >= 0.3 is 0 Å². The first kappa shape index (κ1) is 18.2. The van der Waals surface area contributed by atoms with Gasteiger partial charge in [-0.15, -0.1) is 0 Å². The molecule has 0 aliphatic heterocycles. The van der Waals surface area contributed by atoms with Crippen molar-refractivity contribution in [3.63, 3.8) is 0 Å². The number of thiazole rings is 1. The predicted octanol–water partition coefficient (Wildman–Crippen LogP) is 4.18. The van der Waals surface area contributed by atoms with Crippen LogP contribution in [-0.4, -0.2) is 27.3 Å². The molecule has 0 spiro atoms. The molecule has 1 aromatic carbocycles. The summed E-state index contributed by atoms with van der Waals surface area (Å²) in [7, 11) is 1.81. The van der Waals surface area contributed by atoms with Crippen molar-refractivity contribution in [1.29, 1.82) is 0 Å². The molecule has 4 aromatic rings. The fourth-order valence-corrected chi connectivity index (χ4v) is 3.87. The maximum absolute atomic E-state index is 13.3. The number of hydrogen-bond acceptors (Lipinski definition) is 6. The minimum atomic E-state index is -0.225. The highest BCUT2D eigenvalue weighted by molar-refractivity contribution is 7.22. The van der Waals surface area contributed by atoms with Gasteiger partial charge < -0.3 is 9.15 Å². The molecule has 0 aliphatic rings. The van der Waals surface area contributed by atoms with Crippen LogP contribution in [0.3, 0.4) is 0 Å². The lowest BCUT2D eigenvalue weighted by Crippen LogP contribution is -2.30. The largest absolute Gasteiger partial charge is 0.492 e. The molecule has 0 saturated carbocycles. The van der Waals surface area contributed by atoms with Crippen LogP contribution in [0.5, 0.6) is 5.75 Å². The third kappa shape index (κ3) is 3.38. The Hall–Kier alpha value is -3.13. The summed E-state index contributed by atoms with van der Waals surface area (Å²) in [6.45, 7) is 4.66. The average Bonchev–Trinajstić information content (AvgIpc) is 3.40. The van der Waals surface area contributed by atoms with Crippen LogP contribution in [0.2, 0.25) is 0 Å². The van der Waals surface area contributed by atoms with Crippen LogP contribution in [0.15, 0.2) is 47.1 Å². The smallest absolute Gasteiger partial charge is 0.280 e. The van der Waals surface area contributed by atoms with Gasteiger partial charge in [0.25, 0.3) is 5.91 Å². The third-order valence-corrected chi connectivity index (χ3v) is 5.42. The number of fused-ring (bicyclic) bond motifs is 1. The second-order valence-corrected chi connectivity index (χ2v) is 7.31. The highest BCUT2D eigenvalue weighted by atomic mass is 32.1. The second-order valence-electron chi connectivity index (χ2n) is 6.30. The zero-order chi connectivity index (χ0) is 19.7. The SMILES string of the molecule is CCOc1cccc2sc(N(Cc3ccco3)C(=O)c3cc(C)n(C)n3)nc12. The van der Waals surface area contributed by atoms with Gasteiger partial charge in [-0.25, -0.2) is 4.98 Å². The molecule has 0 radical (unpaired) electrons. The number of benzene rings is 1. The van der Waals surface area contributed by atoms with Gasteiger partial charge in [-0.3, -0.25) is 14.4 Å². The Morgan fingerprint density at radius 1 is 1.32 bits per heavy atom. The summed E-state index contributed by atoms with van der Waals surface area (Å²) < 4.78 is 13.8. The molecule has 4 rings (SSSR count). The molecule has 0 fully saturated rings. The van der Waals surface area contributed by atoms with E-state index in [1.165, 1.54) is 11.3 Å². The Balaban J connectivity index is 1.77. The van der Waals surface area contributed by atoms with Crippen LogP contribution >= 0.6 is 11.3 Å². The van der Waals surface area contributed by atoms with E-state index < -0.39 is 0 Å². The van der Waals surface area contributed by atoms with Crippen molar-refractivity contribution < 1.29 is 13.9 Å². The average molecular weight is 396 g/mol. The Labute approximate surface area is 166 Å². The van der Waals surface area contributed by atoms with Gasteiger partial charge in [-0.05, 0) is 44.2 Å². The van der Waals surface area contributed by atoms with Crippen LogP contribution in [0.4, 0.5) is 5.13 Å². The number of nitrogens with zero attached hydrogens (tertiary/aromatic N) is 4.